The average Bonchev–Trinajstić information content (AvgIpc) is 2.54. The molecule has 2 bridgehead atoms. The van der Waals surface area contributed by atoms with Gasteiger partial charge in [0.15, 0.2) is 0 Å². The number of halogens is 1. The van der Waals surface area contributed by atoms with Crippen LogP contribution in [-0.4, -0.2) is 23.0 Å². The molecule has 1 aromatic carbocycles. The Kier molecular flexibility index (Phi) is 4.08. The summed E-state index contributed by atoms with van der Waals surface area (Å²) in [6, 6.07) is 12.7. The van der Waals surface area contributed by atoms with Crippen LogP contribution >= 0.6 is 12.4 Å². The van der Waals surface area contributed by atoms with E-state index in [4.69, 9.17) is 5.73 Å². The minimum absolute atomic E-state index is 0. The van der Waals surface area contributed by atoms with Crippen molar-refractivity contribution in [2.45, 2.75) is 50.4 Å². The molecule has 1 aromatic rings. The van der Waals surface area contributed by atoms with Gasteiger partial charge in [-0.25, -0.2) is 0 Å². The fourth-order valence-electron chi connectivity index (χ4n) is 3.37. The van der Waals surface area contributed by atoms with E-state index >= 15 is 0 Å². The Morgan fingerprint density at radius 3 is 2.24 bits per heavy atom. The standard InChI is InChI=1S/C14H20N2.ClH/c15-12-8-13-6-7-14(9-12)16(13)10-11-4-2-1-3-5-11;/h1-5,12-14H,6-10,15H2;1H. The molecule has 2 saturated heterocycles. The van der Waals surface area contributed by atoms with Crippen LogP contribution in [-0.2, 0) is 6.54 Å². The number of fused-ring (bicyclic) bond motifs is 2. The molecule has 17 heavy (non-hydrogen) atoms. The van der Waals surface area contributed by atoms with Gasteiger partial charge in [-0.3, -0.25) is 4.90 Å². The number of rotatable bonds is 2. The fraction of sp³-hybridized carbons (Fsp3) is 0.571. The predicted molar refractivity (Wildman–Crippen MR) is 73.3 cm³/mol. The second-order valence-electron chi connectivity index (χ2n) is 5.27. The third-order valence-corrected chi connectivity index (χ3v) is 4.13. The van der Waals surface area contributed by atoms with Gasteiger partial charge in [-0.2, -0.15) is 0 Å². The van der Waals surface area contributed by atoms with Crippen LogP contribution in [0, 0.1) is 0 Å². The predicted octanol–water partition coefficient (Wildman–Crippen LogP) is 2.56. The third-order valence-electron chi connectivity index (χ3n) is 4.13. The van der Waals surface area contributed by atoms with Gasteiger partial charge in [0.05, 0.1) is 0 Å². The lowest BCUT2D eigenvalue weighted by molar-refractivity contribution is 0.120. The van der Waals surface area contributed by atoms with Crippen molar-refractivity contribution in [3.05, 3.63) is 35.9 Å². The van der Waals surface area contributed by atoms with E-state index in [1.54, 1.807) is 0 Å². The van der Waals surface area contributed by atoms with Gasteiger partial charge in [-0.05, 0) is 31.2 Å². The molecule has 0 saturated carbocycles. The first-order valence-electron chi connectivity index (χ1n) is 6.38. The van der Waals surface area contributed by atoms with Crippen LogP contribution in [0.4, 0.5) is 0 Å². The van der Waals surface area contributed by atoms with Gasteiger partial charge in [-0.1, -0.05) is 30.3 Å². The Morgan fingerprint density at radius 1 is 1.06 bits per heavy atom. The summed E-state index contributed by atoms with van der Waals surface area (Å²) in [6.07, 6.45) is 5.10. The first-order chi connectivity index (χ1) is 7.83. The monoisotopic (exact) mass is 252 g/mol. The first kappa shape index (κ1) is 12.9. The second-order valence-corrected chi connectivity index (χ2v) is 5.27. The quantitative estimate of drug-likeness (QED) is 0.877. The highest BCUT2D eigenvalue weighted by molar-refractivity contribution is 5.85. The molecule has 2 atom stereocenters. The van der Waals surface area contributed by atoms with E-state index in [0.717, 1.165) is 18.6 Å². The smallest absolute Gasteiger partial charge is 0.0239 e. The Bertz CT molecular complexity index is 340. The summed E-state index contributed by atoms with van der Waals surface area (Å²) in [5, 5.41) is 0. The van der Waals surface area contributed by atoms with E-state index in [-0.39, 0.29) is 12.4 Å². The molecule has 0 amide bonds. The number of benzene rings is 1. The molecule has 0 radical (unpaired) electrons. The summed E-state index contributed by atoms with van der Waals surface area (Å²) in [7, 11) is 0. The lowest BCUT2D eigenvalue weighted by Gasteiger charge is -2.37. The highest BCUT2D eigenvalue weighted by Crippen LogP contribution is 2.35. The van der Waals surface area contributed by atoms with Crippen LogP contribution in [0.1, 0.15) is 31.2 Å². The molecule has 2 unspecified atom stereocenters. The Hall–Kier alpha value is -0.570. The first-order valence-corrected chi connectivity index (χ1v) is 6.38. The van der Waals surface area contributed by atoms with Crippen molar-refractivity contribution in [3.8, 4) is 0 Å². The van der Waals surface area contributed by atoms with Crippen molar-refractivity contribution in [2.75, 3.05) is 0 Å². The Labute approximate surface area is 110 Å². The molecule has 2 N–H and O–H groups in total. The van der Waals surface area contributed by atoms with Crippen LogP contribution in [0.15, 0.2) is 30.3 Å². The summed E-state index contributed by atoms with van der Waals surface area (Å²) in [4.78, 5) is 2.68. The highest BCUT2D eigenvalue weighted by atomic mass is 35.5. The van der Waals surface area contributed by atoms with Crippen molar-refractivity contribution >= 4 is 12.4 Å². The zero-order chi connectivity index (χ0) is 11.0. The lowest BCUT2D eigenvalue weighted by Crippen LogP contribution is -2.46. The number of piperidine rings is 1. The van der Waals surface area contributed by atoms with Gasteiger partial charge >= 0.3 is 0 Å². The molecule has 0 aromatic heterocycles. The maximum atomic E-state index is 6.08. The maximum absolute atomic E-state index is 6.08. The average molecular weight is 253 g/mol. The van der Waals surface area contributed by atoms with E-state index in [9.17, 15) is 0 Å². The van der Waals surface area contributed by atoms with Crippen LogP contribution in [0.2, 0.25) is 0 Å². The molecule has 2 heterocycles. The minimum atomic E-state index is 0. The summed E-state index contributed by atoms with van der Waals surface area (Å²) >= 11 is 0. The maximum Gasteiger partial charge on any atom is 0.0239 e. The van der Waals surface area contributed by atoms with E-state index in [1.165, 1.54) is 31.2 Å². The zero-order valence-electron chi connectivity index (χ0n) is 10.1. The molecule has 94 valence electrons. The van der Waals surface area contributed by atoms with Gasteiger partial charge in [0.1, 0.15) is 0 Å². The summed E-state index contributed by atoms with van der Waals surface area (Å²) < 4.78 is 0. The molecule has 2 fully saturated rings. The van der Waals surface area contributed by atoms with Crippen LogP contribution in [0.25, 0.3) is 0 Å². The molecule has 2 nitrogen and oxygen atoms in total. The minimum Gasteiger partial charge on any atom is -0.328 e. The molecular weight excluding hydrogens is 232 g/mol. The fourth-order valence-corrected chi connectivity index (χ4v) is 3.37. The van der Waals surface area contributed by atoms with Gasteiger partial charge < -0.3 is 5.73 Å². The largest absolute Gasteiger partial charge is 0.328 e. The number of nitrogens with two attached hydrogens (primary N) is 1. The van der Waals surface area contributed by atoms with Gasteiger partial charge in [0.2, 0.25) is 0 Å². The van der Waals surface area contributed by atoms with Crippen LogP contribution < -0.4 is 5.73 Å². The Balaban J connectivity index is 0.00000108. The zero-order valence-corrected chi connectivity index (χ0v) is 10.9. The number of nitrogens with zero attached hydrogens (tertiary/aromatic N) is 1. The summed E-state index contributed by atoms with van der Waals surface area (Å²) in [5.41, 5.74) is 7.52. The molecular formula is C14H21ClN2. The molecule has 0 aliphatic carbocycles. The number of hydrogen-bond donors (Lipinski definition) is 1. The molecule has 2 aliphatic heterocycles. The van der Waals surface area contributed by atoms with E-state index in [0.29, 0.717) is 6.04 Å². The third kappa shape index (κ3) is 2.65. The highest BCUT2D eigenvalue weighted by Gasteiger charge is 2.39. The van der Waals surface area contributed by atoms with Crippen LogP contribution in [0.3, 0.4) is 0 Å². The van der Waals surface area contributed by atoms with Gasteiger partial charge in [0.25, 0.3) is 0 Å². The second kappa shape index (κ2) is 5.38. The van der Waals surface area contributed by atoms with Crippen molar-refractivity contribution in [1.82, 2.24) is 4.90 Å². The number of hydrogen-bond acceptors (Lipinski definition) is 2. The Morgan fingerprint density at radius 2 is 1.65 bits per heavy atom. The molecule has 3 rings (SSSR count). The lowest BCUT2D eigenvalue weighted by atomic mass is 9.97. The van der Waals surface area contributed by atoms with Crippen molar-refractivity contribution in [2.24, 2.45) is 5.73 Å². The SMILES string of the molecule is Cl.NC1CC2CCC(C1)N2Cc1ccccc1. The topological polar surface area (TPSA) is 29.3 Å². The normalized spacial score (nSPS) is 32.2. The van der Waals surface area contributed by atoms with Gasteiger partial charge in [0, 0.05) is 24.7 Å². The van der Waals surface area contributed by atoms with Crippen molar-refractivity contribution in [1.29, 1.82) is 0 Å². The van der Waals surface area contributed by atoms with Crippen molar-refractivity contribution in [3.63, 3.8) is 0 Å². The van der Waals surface area contributed by atoms with E-state index in [1.807, 2.05) is 0 Å². The molecule has 0 spiro atoms. The molecule has 2 aliphatic rings. The van der Waals surface area contributed by atoms with Crippen LogP contribution in [0.5, 0.6) is 0 Å². The van der Waals surface area contributed by atoms with E-state index < -0.39 is 0 Å². The van der Waals surface area contributed by atoms with E-state index in [2.05, 4.69) is 35.2 Å². The van der Waals surface area contributed by atoms with Crippen molar-refractivity contribution < 1.29 is 0 Å². The molecule has 3 heteroatoms. The van der Waals surface area contributed by atoms with Gasteiger partial charge in [-0.15, -0.1) is 12.4 Å². The summed E-state index contributed by atoms with van der Waals surface area (Å²) in [5.74, 6) is 0. The summed E-state index contributed by atoms with van der Waals surface area (Å²) in [6.45, 7) is 1.11.